The Hall–Kier alpha value is -1.99. The molecule has 7 heteroatoms. The largest absolute Gasteiger partial charge is 0.395 e. The van der Waals surface area contributed by atoms with Crippen molar-refractivity contribution < 1.29 is 18.7 Å². The molecular formula is C16H15BrF2N2O2. The van der Waals surface area contributed by atoms with Crippen molar-refractivity contribution in [1.29, 1.82) is 0 Å². The Morgan fingerprint density at radius 1 is 1.22 bits per heavy atom. The Balaban J connectivity index is 2.13. The van der Waals surface area contributed by atoms with Crippen LogP contribution in [0.2, 0.25) is 0 Å². The smallest absolute Gasteiger partial charge is 0.322 e. The number of carbonyl (C=O) groups is 1. The SMILES string of the molecule is O=C(Nc1ccc(F)cc1F)N(CCO)Cc1ccccc1Br. The van der Waals surface area contributed by atoms with Gasteiger partial charge in [-0.2, -0.15) is 0 Å². The predicted molar refractivity (Wildman–Crippen MR) is 87.0 cm³/mol. The molecule has 0 radical (unpaired) electrons. The van der Waals surface area contributed by atoms with Crippen LogP contribution in [0.3, 0.4) is 0 Å². The number of halogens is 3. The van der Waals surface area contributed by atoms with Gasteiger partial charge in [-0.15, -0.1) is 0 Å². The highest BCUT2D eigenvalue weighted by atomic mass is 79.9. The van der Waals surface area contributed by atoms with E-state index in [1.54, 1.807) is 0 Å². The monoisotopic (exact) mass is 384 g/mol. The maximum atomic E-state index is 13.6. The standard InChI is InChI=1S/C16H15BrF2N2O2/c17-13-4-2-1-3-11(13)10-21(7-8-22)16(23)20-15-6-5-12(18)9-14(15)19/h1-6,9,22H,7-8,10H2,(H,20,23). The summed E-state index contributed by atoms with van der Waals surface area (Å²) < 4.78 is 27.3. The van der Waals surface area contributed by atoms with Crippen LogP contribution in [0.25, 0.3) is 0 Å². The molecule has 2 amide bonds. The van der Waals surface area contributed by atoms with Crippen molar-refractivity contribution in [1.82, 2.24) is 4.90 Å². The quantitative estimate of drug-likeness (QED) is 0.824. The lowest BCUT2D eigenvalue weighted by Gasteiger charge is -2.23. The van der Waals surface area contributed by atoms with Crippen LogP contribution in [0.15, 0.2) is 46.9 Å². The van der Waals surface area contributed by atoms with Gasteiger partial charge in [-0.3, -0.25) is 0 Å². The molecule has 0 aliphatic carbocycles. The van der Waals surface area contributed by atoms with Gasteiger partial charge in [0.05, 0.1) is 12.3 Å². The van der Waals surface area contributed by atoms with E-state index in [2.05, 4.69) is 21.2 Å². The highest BCUT2D eigenvalue weighted by Gasteiger charge is 2.16. The molecule has 0 aliphatic rings. The number of aliphatic hydroxyl groups excluding tert-OH is 1. The third kappa shape index (κ3) is 4.74. The van der Waals surface area contributed by atoms with Crippen LogP contribution in [0.1, 0.15) is 5.56 Å². The summed E-state index contributed by atoms with van der Waals surface area (Å²) >= 11 is 3.39. The second kappa shape index (κ2) is 8.03. The van der Waals surface area contributed by atoms with Crippen LogP contribution in [-0.4, -0.2) is 29.2 Å². The molecule has 0 aliphatic heterocycles. The maximum Gasteiger partial charge on any atom is 0.322 e. The lowest BCUT2D eigenvalue weighted by molar-refractivity contribution is 0.185. The lowest BCUT2D eigenvalue weighted by Crippen LogP contribution is -2.36. The Bertz CT molecular complexity index is 698. The first-order valence-corrected chi connectivity index (χ1v) is 7.66. The van der Waals surface area contributed by atoms with Crippen LogP contribution in [0, 0.1) is 11.6 Å². The summed E-state index contributed by atoms with van der Waals surface area (Å²) in [5, 5.41) is 11.5. The number of rotatable bonds is 5. The fourth-order valence-electron chi connectivity index (χ4n) is 1.99. The van der Waals surface area contributed by atoms with Gasteiger partial charge >= 0.3 is 6.03 Å². The number of anilines is 1. The van der Waals surface area contributed by atoms with Crippen LogP contribution < -0.4 is 5.32 Å². The zero-order valence-electron chi connectivity index (χ0n) is 12.1. The lowest BCUT2D eigenvalue weighted by atomic mass is 10.2. The van der Waals surface area contributed by atoms with E-state index in [-0.39, 0.29) is 25.4 Å². The van der Waals surface area contributed by atoms with Crippen LogP contribution >= 0.6 is 15.9 Å². The van der Waals surface area contributed by atoms with Gasteiger partial charge in [0.1, 0.15) is 11.6 Å². The normalized spacial score (nSPS) is 10.4. The molecule has 4 nitrogen and oxygen atoms in total. The van der Waals surface area contributed by atoms with Crippen molar-refractivity contribution in [3.63, 3.8) is 0 Å². The van der Waals surface area contributed by atoms with Crippen molar-refractivity contribution in [2.45, 2.75) is 6.54 Å². The average Bonchev–Trinajstić information content (AvgIpc) is 2.51. The summed E-state index contributed by atoms with van der Waals surface area (Å²) in [6, 6.07) is 9.66. The molecule has 23 heavy (non-hydrogen) atoms. The minimum absolute atomic E-state index is 0.0793. The van der Waals surface area contributed by atoms with E-state index in [0.717, 1.165) is 22.2 Å². The summed E-state index contributed by atoms with van der Waals surface area (Å²) in [7, 11) is 0. The molecule has 0 saturated heterocycles. The first-order chi connectivity index (χ1) is 11.0. The molecule has 2 rings (SSSR count). The fourth-order valence-corrected chi connectivity index (χ4v) is 2.40. The number of carbonyl (C=O) groups excluding carboxylic acids is 1. The van der Waals surface area contributed by atoms with Crippen LogP contribution in [0.5, 0.6) is 0 Å². The fraction of sp³-hybridized carbons (Fsp3) is 0.188. The minimum atomic E-state index is -0.858. The summed E-state index contributed by atoms with van der Waals surface area (Å²) in [4.78, 5) is 13.6. The van der Waals surface area contributed by atoms with Gasteiger partial charge in [-0.25, -0.2) is 13.6 Å². The second-order valence-corrected chi connectivity index (χ2v) is 5.65. The first kappa shape index (κ1) is 17.4. The van der Waals surface area contributed by atoms with E-state index in [1.807, 2.05) is 24.3 Å². The minimum Gasteiger partial charge on any atom is -0.395 e. The Morgan fingerprint density at radius 2 is 1.96 bits per heavy atom. The zero-order valence-corrected chi connectivity index (χ0v) is 13.7. The van der Waals surface area contributed by atoms with Gasteiger partial charge in [-0.05, 0) is 23.8 Å². The molecule has 2 aromatic rings. The molecular weight excluding hydrogens is 370 g/mol. The Labute approximate surface area is 140 Å². The third-order valence-electron chi connectivity index (χ3n) is 3.15. The van der Waals surface area contributed by atoms with Gasteiger partial charge in [0.25, 0.3) is 0 Å². The van der Waals surface area contributed by atoms with Gasteiger partial charge in [0, 0.05) is 23.6 Å². The third-order valence-corrected chi connectivity index (χ3v) is 3.92. The molecule has 0 aromatic heterocycles. The van der Waals surface area contributed by atoms with Crippen molar-refractivity contribution in [3.05, 3.63) is 64.1 Å². The summed E-state index contributed by atoms with van der Waals surface area (Å²) in [5.74, 6) is -1.58. The molecule has 2 N–H and O–H groups in total. The van der Waals surface area contributed by atoms with E-state index in [4.69, 9.17) is 5.11 Å². The van der Waals surface area contributed by atoms with E-state index in [1.165, 1.54) is 4.90 Å². The number of hydrogen-bond acceptors (Lipinski definition) is 2. The van der Waals surface area contributed by atoms with Gasteiger partial charge < -0.3 is 15.3 Å². The Kier molecular flexibility index (Phi) is 6.06. The second-order valence-electron chi connectivity index (χ2n) is 4.79. The molecule has 0 heterocycles. The van der Waals surface area contributed by atoms with Gasteiger partial charge in [0.2, 0.25) is 0 Å². The molecule has 0 fully saturated rings. The summed E-state index contributed by atoms with van der Waals surface area (Å²) in [6.07, 6.45) is 0. The topological polar surface area (TPSA) is 52.6 Å². The number of benzene rings is 2. The van der Waals surface area contributed by atoms with Crippen molar-refractivity contribution in [2.24, 2.45) is 0 Å². The molecule has 122 valence electrons. The molecule has 0 bridgehead atoms. The molecule has 2 aromatic carbocycles. The maximum absolute atomic E-state index is 13.6. The van der Waals surface area contributed by atoms with Gasteiger partial charge in [-0.1, -0.05) is 34.1 Å². The molecule has 0 spiro atoms. The molecule has 0 atom stereocenters. The van der Waals surface area contributed by atoms with E-state index >= 15 is 0 Å². The molecule has 0 saturated carbocycles. The summed E-state index contributed by atoms with van der Waals surface area (Å²) in [5.41, 5.74) is 0.724. The van der Waals surface area contributed by atoms with E-state index < -0.39 is 17.7 Å². The predicted octanol–water partition coefficient (Wildman–Crippen LogP) is 3.75. The van der Waals surface area contributed by atoms with Crippen molar-refractivity contribution in [2.75, 3.05) is 18.5 Å². The van der Waals surface area contributed by atoms with E-state index in [0.29, 0.717) is 6.07 Å². The number of nitrogens with zero attached hydrogens (tertiary/aromatic N) is 1. The summed E-state index contributed by atoms with van der Waals surface area (Å²) in [6.45, 7) is 0.0797. The van der Waals surface area contributed by atoms with Crippen LogP contribution in [-0.2, 0) is 6.54 Å². The average molecular weight is 385 g/mol. The van der Waals surface area contributed by atoms with Crippen LogP contribution in [0.4, 0.5) is 19.3 Å². The van der Waals surface area contributed by atoms with E-state index in [9.17, 15) is 13.6 Å². The number of aliphatic hydroxyl groups is 1. The molecule has 0 unspecified atom stereocenters. The van der Waals surface area contributed by atoms with Crippen molar-refractivity contribution >= 4 is 27.6 Å². The first-order valence-electron chi connectivity index (χ1n) is 6.86. The van der Waals surface area contributed by atoms with Gasteiger partial charge in [0.15, 0.2) is 0 Å². The number of amides is 2. The highest BCUT2D eigenvalue weighted by molar-refractivity contribution is 9.10. The highest BCUT2D eigenvalue weighted by Crippen LogP contribution is 2.19. The van der Waals surface area contributed by atoms with Crippen molar-refractivity contribution in [3.8, 4) is 0 Å². The number of urea groups is 1. The zero-order chi connectivity index (χ0) is 16.8. The number of nitrogens with one attached hydrogen (secondary N) is 1. The number of hydrogen-bond donors (Lipinski definition) is 2. The Morgan fingerprint density at radius 3 is 2.61 bits per heavy atom.